The molecule has 0 unspecified atom stereocenters. The van der Waals surface area contributed by atoms with Crippen molar-refractivity contribution >= 4 is 28.5 Å². The van der Waals surface area contributed by atoms with E-state index in [0.717, 1.165) is 49.4 Å². The van der Waals surface area contributed by atoms with E-state index < -0.39 is 5.97 Å². The highest BCUT2D eigenvalue weighted by Gasteiger charge is 2.22. The summed E-state index contributed by atoms with van der Waals surface area (Å²) >= 11 is 6.12. The second-order valence-electron chi connectivity index (χ2n) is 6.05. The maximum absolute atomic E-state index is 10.6. The molecule has 2 N–H and O–H groups in total. The molecule has 0 radical (unpaired) electrons. The fraction of sp³-hybridized carbons (Fsp3) is 0.471. The number of aromatic nitrogens is 1. The average molecular weight is 321 g/mol. The predicted molar refractivity (Wildman–Crippen MR) is 88.6 cm³/mol. The Hall–Kier alpha value is -1.52. The highest BCUT2D eigenvalue weighted by atomic mass is 35.5. The molecule has 2 heterocycles. The fourth-order valence-corrected chi connectivity index (χ4v) is 3.55. The molecule has 0 amide bonds. The summed E-state index contributed by atoms with van der Waals surface area (Å²) < 4.78 is 0. The molecule has 2 aromatic rings. The normalized spacial score (nSPS) is 17.1. The van der Waals surface area contributed by atoms with Crippen molar-refractivity contribution in [2.75, 3.05) is 19.6 Å². The van der Waals surface area contributed by atoms with Gasteiger partial charge in [0.25, 0.3) is 0 Å². The van der Waals surface area contributed by atoms with Gasteiger partial charge in [-0.2, -0.15) is 0 Å². The first-order chi connectivity index (χ1) is 10.6. The molecule has 1 aromatic heterocycles. The topological polar surface area (TPSA) is 56.3 Å². The first kappa shape index (κ1) is 15.4. The number of piperidine rings is 1. The summed E-state index contributed by atoms with van der Waals surface area (Å²) in [6.07, 6.45) is 5.36. The van der Waals surface area contributed by atoms with Crippen LogP contribution in [0.25, 0.3) is 10.9 Å². The molecule has 1 aliphatic heterocycles. The molecular weight excluding hydrogens is 300 g/mol. The van der Waals surface area contributed by atoms with E-state index in [9.17, 15) is 4.79 Å². The molecule has 1 saturated heterocycles. The van der Waals surface area contributed by atoms with Crippen LogP contribution >= 0.6 is 11.6 Å². The molecule has 0 atom stereocenters. The Morgan fingerprint density at radius 1 is 1.36 bits per heavy atom. The summed E-state index contributed by atoms with van der Waals surface area (Å²) in [4.78, 5) is 16.3. The Balaban J connectivity index is 1.61. The number of carboxylic acid groups (broad SMARTS) is 1. The van der Waals surface area contributed by atoms with E-state index in [-0.39, 0.29) is 6.42 Å². The second-order valence-corrected chi connectivity index (χ2v) is 6.48. The van der Waals surface area contributed by atoms with Crippen molar-refractivity contribution in [3.8, 4) is 0 Å². The third-order valence-corrected chi connectivity index (χ3v) is 4.80. The van der Waals surface area contributed by atoms with Crippen molar-refractivity contribution < 1.29 is 9.90 Å². The first-order valence-corrected chi connectivity index (χ1v) is 8.22. The van der Waals surface area contributed by atoms with Gasteiger partial charge < -0.3 is 15.0 Å². The lowest BCUT2D eigenvalue weighted by molar-refractivity contribution is -0.137. The van der Waals surface area contributed by atoms with E-state index in [2.05, 4.69) is 16.1 Å². The fourth-order valence-electron chi connectivity index (χ4n) is 3.37. The van der Waals surface area contributed by atoms with Gasteiger partial charge in [0.15, 0.2) is 0 Å². The number of rotatable bonds is 5. The number of halogens is 1. The molecule has 4 nitrogen and oxygen atoms in total. The highest BCUT2D eigenvalue weighted by Crippen LogP contribution is 2.34. The van der Waals surface area contributed by atoms with Gasteiger partial charge in [-0.3, -0.25) is 4.79 Å². The molecule has 1 aliphatic rings. The van der Waals surface area contributed by atoms with Crippen LogP contribution in [0.3, 0.4) is 0 Å². The standard InChI is InChI=1S/C17H21ClN2O2/c18-13-3-4-16-14(10-13)15(11-19-16)12-5-8-20(9-6-12)7-1-2-17(21)22/h3-4,10-12,19H,1-2,5-9H2,(H,21,22). The minimum Gasteiger partial charge on any atom is -0.481 e. The van der Waals surface area contributed by atoms with Gasteiger partial charge in [0.05, 0.1) is 0 Å². The van der Waals surface area contributed by atoms with Gasteiger partial charge in [-0.05, 0) is 68.6 Å². The molecule has 22 heavy (non-hydrogen) atoms. The van der Waals surface area contributed by atoms with Crippen molar-refractivity contribution in [1.82, 2.24) is 9.88 Å². The Morgan fingerprint density at radius 3 is 2.86 bits per heavy atom. The van der Waals surface area contributed by atoms with Crippen LogP contribution in [0.4, 0.5) is 0 Å². The Bertz CT molecular complexity index is 660. The molecule has 118 valence electrons. The number of hydrogen-bond donors (Lipinski definition) is 2. The number of likely N-dealkylation sites (tertiary alicyclic amines) is 1. The summed E-state index contributed by atoms with van der Waals surface area (Å²) in [5.74, 6) is -0.145. The third kappa shape index (κ3) is 3.45. The molecule has 3 rings (SSSR count). The Morgan fingerprint density at radius 2 is 2.14 bits per heavy atom. The second kappa shape index (κ2) is 6.71. The van der Waals surface area contributed by atoms with Crippen molar-refractivity contribution in [3.05, 3.63) is 35.0 Å². The van der Waals surface area contributed by atoms with E-state index in [1.807, 2.05) is 18.2 Å². The zero-order valence-corrected chi connectivity index (χ0v) is 13.3. The Kier molecular flexibility index (Phi) is 4.69. The van der Waals surface area contributed by atoms with Gasteiger partial charge in [0.1, 0.15) is 0 Å². The maximum Gasteiger partial charge on any atom is 0.303 e. The number of H-pyrrole nitrogens is 1. The molecule has 1 fully saturated rings. The van der Waals surface area contributed by atoms with Gasteiger partial charge in [-0.15, -0.1) is 0 Å². The number of benzene rings is 1. The zero-order chi connectivity index (χ0) is 15.5. The van der Waals surface area contributed by atoms with Crippen LogP contribution in [0, 0.1) is 0 Å². The molecule has 5 heteroatoms. The molecule has 0 spiro atoms. The molecule has 0 aliphatic carbocycles. The van der Waals surface area contributed by atoms with Gasteiger partial charge in [-0.1, -0.05) is 11.6 Å². The quantitative estimate of drug-likeness (QED) is 0.879. The lowest BCUT2D eigenvalue weighted by atomic mass is 9.89. The van der Waals surface area contributed by atoms with E-state index >= 15 is 0 Å². The van der Waals surface area contributed by atoms with E-state index in [1.165, 1.54) is 10.9 Å². The monoisotopic (exact) mass is 320 g/mol. The van der Waals surface area contributed by atoms with Crippen LogP contribution in [0.15, 0.2) is 24.4 Å². The van der Waals surface area contributed by atoms with Gasteiger partial charge in [0, 0.05) is 28.5 Å². The van der Waals surface area contributed by atoms with Crippen LogP contribution in [0.5, 0.6) is 0 Å². The van der Waals surface area contributed by atoms with Crippen LogP contribution in [-0.4, -0.2) is 40.6 Å². The number of hydrogen-bond acceptors (Lipinski definition) is 2. The number of nitrogens with zero attached hydrogens (tertiary/aromatic N) is 1. The SMILES string of the molecule is O=C(O)CCCN1CCC(c2c[nH]c3ccc(Cl)cc23)CC1. The van der Waals surface area contributed by atoms with Crippen molar-refractivity contribution in [1.29, 1.82) is 0 Å². The zero-order valence-electron chi connectivity index (χ0n) is 12.5. The van der Waals surface area contributed by atoms with Crippen molar-refractivity contribution in [2.45, 2.75) is 31.6 Å². The number of aliphatic carboxylic acids is 1. The predicted octanol–water partition coefficient (Wildman–Crippen LogP) is 3.87. The molecule has 0 saturated carbocycles. The minimum absolute atomic E-state index is 0.265. The van der Waals surface area contributed by atoms with E-state index in [4.69, 9.17) is 16.7 Å². The van der Waals surface area contributed by atoms with Crippen molar-refractivity contribution in [2.24, 2.45) is 0 Å². The third-order valence-electron chi connectivity index (χ3n) is 4.57. The molecule has 0 bridgehead atoms. The number of fused-ring (bicyclic) bond motifs is 1. The van der Waals surface area contributed by atoms with Crippen LogP contribution in [0.2, 0.25) is 5.02 Å². The van der Waals surface area contributed by atoms with Crippen LogP contribution in [-0.2, 0) is 4.79 Å². The average Bonchev–Trinajstić information content (AvgIpc) is 2.90. The summed E-state index contributed by atoms with van der Waals surface area (Å²) in [7, 11) is 0. The highest BCUT2D eigenvalue weighted by molar-refractivity contribution is 6.31. The number of aromatic amines is 1. The first-order valence-electron chi connectivity index (χ1n) is 7.84. The van der Waals surface area contributed by atoms with Crippen molar-refractivity contribution in [3.63, 3.8) is 0 Å². The summed E-state index contributed by atoms with van der Waals surface area (Å²) in [6, 6.07) is 5.99. The lowest BCUT2D eigenvalue weighted by Gasteiger charge is -2.31. The van der Waals surface area contributed by atoms with Crippen LogP contribution in [0.1, 0.15) is 37.2 Å². The van der Waals surface area contributed by atoms with E-state index in [1.54, 1.807) is 0 Å². The smallest absolute Gasteiger partial charge is 0.303 e. The van der Waals surface area contributed by atoms with Gasteiger partial charge in [-0.25, -0.2) is 0 Å². The Labute approximate surface area is 135 Å². The van der Waals surface area contributed by atoms with Crippen LogP contribution < -0.4 is 0 Å². The minimum atomic E-state index is -0.703. The summed E-state index contributed by atoms with van der Waals surface area (Å²) in [5, 5.41) is 10.7. The largest absolute Gasteiger partial charge is 0.481 e. The number of carboxylic acids is 1. The van der Waals surface area contributed by atoms with Gasteiger partial charge >= 0.3 is 5.97 Å². The number of nitrogens with one attached hydrogen (secondary N) is 1. The molecule has 1 aromatic carbocycles. The summed E-state index contributed by atoms with van der Waals surface area (Å²) in [6.45, 7) is 2.97. The molecular formula is C17H21ClN2O2. The lowest BCUT2D eigenvalue weighted by Crippen LogP contribution is -2.33. The van der Waals surface area contributed by atoms with E-state index in [0.29, 0.717) is 5.92 Å². The number of carbonyl (C=O) groups is 1. The maximum atomic E-state index is 10.6. The van der Waals surface area contributed by atoms with Gasteiger partial charge in [0.2, 0.25) is 0 Å². The summed E-state index contributed by atoms with van der Waals surface area (Å²) in [5.41, 5.74) is 2.51.